The number of nitrogen functional groups attached to an aromatic ring is 1. The van der Waals surface area contributed by atoms with Gasteiger partial charge in [0.2, 0.25) is 0 Å². The van der Waals surface area contributed by atoms with Gasteiger partial charge in [-0.25, -0.2) is 4.98 Å². The Labute approximate surface area is 87.1 Å². The van der Waals surface area contributed by atoms with Crippen molar-refractivity contribution < 1.29 is 9.53 Å². The van der Waals surface area contributed by atoms with Gasteiger partial charge in [-0.05, 0) is 13.3 Å². The van der Waals surface area contributed by atoms with E-state index in [1.165, 1.54) is 11.3 Å². The maximum atomic E-state index is 11.2. The van der Waals surface area contributed by atoms with Crippen LogP contribution in [0.1, 0.15) is 24.4 Å². The van der Waals surface area contributed by atoms with Crippen molar-refractivity contribution in [1.82, 2.24) is 4.98 Å². The number of carbonyl (C=O) groups is 1. The third kappa shape index (κ3) is 2.70. The van der Waals surface area contributed by atoms with Gasteiger partial charge in [0, 0.05) is 4.88 Å². The lowest BCUT2D eigenvalue weighted by molar-refractivity contribution is -0.142. The Morgan fingerprint density at radius 1 is 1.57 bits per heavy atom. The van der Waals surface area contributed by atoms with Crippen LogP contribution in [0.4, 0.5) is 5.13 Å². The number of carbonyl (C=O) groups excluding carboxylic acids is 1. The van der Waals surface area contributed by atoms with Crippen LogP contribution < -0.4 is 5.73 Å². The van der Waals surface area contributed by atoms with Crippen molar-refractivity contribution in [1.29, 1.82) is 0 Å². The molecule has 1 rings (SSSR count). The fraction of sp³-hybridized carbons (Fsp3) is 0.556. The Hall–Kier alpha value is -1.10. The summed E-state index contributed by atoms with van der Waals surface area (Å²) < 4.78 is 4.84. The normalized spacial score (nSPS) is 10.1. The first-order valence-corrected chi connectivity index (χ1v) is 5.38. The van der Waals surface area contributed by atoms with E-state index in [-0.39, 0.29) is 12.4 Å². The third-order valence-corrected chi connectivity index (χ3v) is 2.80. The molecule has 0 aliphatic rings. The summed E-state index contributed by atoms with van der Waals surface area (Å²) in [7, 11) is 0. The molecular formula is C9H14N2O2S. The lowest BCUT2D eigenvalue weighted by Crippen LogP contribution is -2.09. The topological polar surface area (TPSA) is 65.2 Å². The predicted molar refractivity (Wildman–Crippen MR) is 56.2 cm³/mol. The van der Waals surface area contributed by atoms with E-state index in [4.69, 9.17) is 10.5 Å². The van der Waals surface area contributed by atoms with Gasteiger partial charge in [-0.15, -0.1) is 11.3 Å². The van der Waals surface area contributed by atoms with Crippen molar-refractivity contribution in [3.63, 3.8) is 0 Å². The van der Waals surface area contributed by atoms with Crippen molar-refractivity contribution in [2.45, 2.75) is 26.7 Å². The number of rotatable bonds is 4. The van der Waals surface area contributed by atoms with E-state index < -0.39 is 0 Å². The minimum absolute atomic E-state index is 0.227. The fourth-order valence-corrected chi connectivity index (χ4v) is 1.95. The molecule has 5 heteroatoms. The number of thiazole rings is 1. The summed E-state index contributed by atoms with van der Waals surface area (Å²) in [6.07, 6.45) is 1.08. The van der Waals surface area contributed by atoms with Crippen LogP contribution in [0.5, 0.6) is 0 Å². The summed E-state index contributed by atoms with van der Waals surface area (Å²) in [6.45, 7) is 4.20. The van der Waals surface area contributed by atoms with Gasteiger partial charge in [0.1, 0.15) is 0 Å². The maximum Gasteiger partial charge on any atom is 0.311 e. The molecule has 0 aliphatic carbocycles. The SMILES string of the molecule is CCOC(=O)Cc1nc(N)sc1CC. The Balaban J connectivity index is 2.70. The fourth-order valence-electron chi connectivity index (χ4n) is 1.17. The van der Waals surface area contributed by atoms with Crippen molar-refractivity contribution in [3.05, 3.63) is 10.6 Å². The van der Waals surface area contributed by atoms with Crippen LogP contribution in [0.15, 0.2) is 0 Å². The second kappa shape index (κ2) is 4.95. The molecule has 0 bridgehead atoms. The summed E-state index contributed by atoms with van der Waals surface area (Å²) in [4.78, 5) is 16.4. The molecular weight excluding hydrogens is 200 g/mol. The van der Waals surface area contributed by atoms with Crippen LogP contribution in [0.25, 0.3) is 0 Å². The molecule has 0 unspecified atom stereocenters. The molecule has 4 nitrogen and oxygen atoms in total. The highest BCUT2D eigenvalue weighted by atomic mass is 32.1. The summed E-state index contributed by atoms with van der Waals surface area (Å²) in [5.41, 5.74) is 6.32. The van der Waals surface area contributed by atoms with Gasteiger partial charge in [-0.1, -0.05) is 6.92 Å². The van der Waals surface area contributed by atoms with Crippen LogP contribution in [0.2, 0.25) is 0 Å². The number of nitrogens with two attached hydrogens (primary N) is 1. The van der Waals surface area contributed by atoms with E-state index in [9.17, 15) is 4.79 Å². The van der Waals surface area contributed by atoms with Gasteiger partial charge in [0.15, 0.2) is 5.13 Å². The molecule has 0 aromatic carbocycles. The Kier molecular flexibility index (Phi) is 3.88. The highest BCUT2D eigenvalue weighted by molar-refractivity contribution is 7.15. The van der Waals surface area contributed by atoms with Crippen molar-refractivity contribution in [2.24, 2.45) is 0 Å². The van der Waals surface area contributed by atoms with Gasteiger partial charge >= 0.3 is 5.97 Å². The number of anilines is 1. The Bertz CT molecular complexity index is 323. The zero-order valence-corrected chi connectivity index (χ0v) is 9.19. The molecule has 0 amide bonds. The standard InChI is InChI=1S/C9H14N2O2S/c1-3-7-6(11-9(10)14-7)5-8(12)13-4-2/h3-5H2,1-2H3,(H2,10,11). The first-order valence-electron chi connectivity index (χ1n) is 4.57. The molecule has 2 N–H and O–H groups in total. The molecule has 0 atom stereocenters. The summed E-state index contributed by atoms with van der Waals surface area (Å²) in [5.74, 6) is -0.243. The van der Waals surface area contributed by atoms with Gasteiger partial charge in [0.05, 0.1) is 18.7 Å². The van der Waals surface area contributed by atoms with E-state index in [1.54, 1.807) is 6.92 Å². The molecule has 0 saturated heterocycles. The number of hydrogen-bond acceptors (Lipinski definition) is 5. The van der Waals surface area contributed by atoms with Gasteiger partial charge in [0.25, 0.3) is 0 Å². The number of aromatic nitrogens is 1. The van der Waals surface area contributed by atoms with Gasteiger partial charge < -0.3 is 10.5 Å². The van der Waals surface area contributed by atoms with E-state index in [0.717, 1.165) is 17.0 Å². The second-order valence-electron chi connectivity index (χ2n) is 2.76. The number of nitrogens with zero attached hydrogens (tertiary/aromatic N) is 1. The first-order chi connectivity index (χ1) is 6.67. The van der Waals surface area contributed by atoms with Crippen LogP contribution in [-0.2, 0) is 22.4 Å². The summed E-state index contributed by atoms with van der Waals surface area (Å²) in [5, 5.41) is 0.515. The Morgan fingerprint density at radius 3 is 2.86 bits per heavy atom. The average molecular weight is 214 g/mol. The molecule has 1 heterocycles. The zero-order chi connectivity index (χ0) is 10.6. The van der Waals surface area contributed by atoms with Gasteiger partial charge in [-0.2, -0.15) is 0 Å². The van der Waals surface area contributed by atoms with Gasteiger partial charge in [-0.3, -0.25) is 4.79 Å². The maximum absolute atomic E-state index is 11.2. The number of esters is 1. The molecule has 0 spiro atoms. The average Bonchev–Trinajstić information content (AvgIpc) is 2.46. The van der Waals surface area contributed by atoms with Crippen LogP contribution >= 0.6 is 11.3 Å². The first kappa shape index (κ1) is 11.0. The quantitative estimate of drug-likeness (QED) is 0.769. The molecule has 1 aromatic heterocycles. The molecule has 0 radical (unpaired) electrons. The van der Waals surface area contributed by atoms with Crippen molar-refractivity contribution >= 4 is 22.4 Å². The molecule has 78 valence electrons. The van der Waals surface area contributed by atoms with Crippen molar-refractivity contribution in [3.8, 4) is 0 Å². The van der Waals surface area contributed by atoms with Crippen LogP contribution in [0, 0.1) is 0 Å². The van der Waals surface area contributed by atoms with Crippen LogP contribution in [0.3, 0.4) is 0 Å². The smallest absolute Gasteiger partial charge is 0.311 e. The van der Waals surface area contributed by atoms with Crippen molar-refractivity contribution in [2.75, 3.05) is 12.3 Å². The molecule has 0 fully saturated rings. The minimum Gasteiger partial charge on any atom is -0.466 e. The second-order valence-corrected chi connectivity index (χ2v) is 3.87. The Morgan fingerprint density at radius 2 is 2.29 bits per heavy atom. The van der Waals surface area contributed by atoms with E-state index in [1.807, 2.05) is 6.92 Å². The third-order valence-electron chi connectivity index (χ3n) is 1.73. The highest BCUT2D eigenvalue weighted by Gasteiger charge is 2.12. The number of aryl methyl sites for hydroxylation is 1. The lowest BCUT2D eigenvalue weighted by Gasteiger charge is -2.00. The summed E-state index contributed by atoms with van der Waals surface area (Å²) in [6, 6.07) is 0. The monoisotopic (exact) mass is 214 g/mol. The number of ether oxygens (including phenoxy) is 1. The molecule has 0 saturated carbocycles. The molecule has 0 aliphatic heterocycles. The summed E-state index contributed by atoms with van der Waals surface area (Å²) >= 11 is 1.43. The highest BCUT2D eigenvalue weighted by Crippen LogP contribution is 2.21. The van der Waals surface area contributed by atoms with E-state index in [2.05, 4.69) is 4.98 Å². The number of hydrogen-bond donors (Lipinski definition) is 1. The lowest BCUT2D eigenvalue weighted by atomic mass is 10.2. The zero-order valence-electron chi connectivity index (χ0n) is 8.37. The predicted octanol–water partition coefficient (Wildman–Crippen LogP) is 1.39. The van der Waals surface area contributed by atoms with Crippen LogP contribution in [-0.4, -0.2) is 17.6 Å². The van der Waals surface area contributed by atoms with E-state index in [0.29, 0.717) is 11.7 Å². The van der Waals surface area contributed by atoms with E-state index >= 15 is 0 Å². The molecule has 14 heavy (non-hydrogen) atoms. The largest absolute Gasteiger partial charge is 0.466 e. The minimum atomic E-state index is -0.243. The molecule has 1 aromatic rings.